The van der Waals surface area contributed by atoms with E-state index < -0.39 is 10.0 Å². The molecule has 2 rings (SSSR count). The van der Waals surface area contributed by atoms with Crippen molar-refractivity contribution in [2.24, 2.45) is 0 Å². The van der Waals surface area contributed by atoms with Crippen LogP contribution in [0.3, 0.4) is 0 Å². The normalized spacial score (nSPS) is 11.6. The molecule has 0 saturated carbocycles. The number of aromatic hydroxyl groups is 1. The van der Waals surface area contributed by atoms with Crippen molar-refractivity contribution in [1.82, 2.24) is 0 Å². The lowest BCUT2D eigenvalue weighted by molar-refractivity contribution is 0.309. The van der Waals surface area contributed by atoms with Gasteiger partial charge in [-0.1, -0.05) is 32.9 Å². The van der Waals surface area contributed by atoms with Crippen molar-refractivity contribution in [3.8, 4) is 11.5 Å². The third kappa shape index (κ3) is 4.45. The number of ether oxygens (including phenoxy) is 1. The summed E-state index contributed by atoms with van der Waals surface area (Å²) in [5.41, 5.74) is 2.07. The van der Waals surface area contributed by atoms with E-state index >= 15 is 0 Å². The van der Waals surface area contributed by atoms with Crippen molar-refractivity contribution in [1.29, 1.82) is 0 Å². The molecule has 0 aliphatic heterocycles. The van der Waals surface area contributed by atoms with Gasteiger partial charge >= 0.3 is 0 Å². The molecule has 0 aromatic heterocycles. The number of nitrogens with one attached hydrogen (secondary N) is 1. The summed E-state index contributed by atoms with van der Waals surface area (Å²) in [4.78, 5) is 0.0819. The van der Waals surface area contributed by atoms with Crippen LogP contribution in [0.2, 0.25) is 0 Å². The van der Waals surface area contributed by atoms with Crippen LogP contribution in [0.5, 0.6) is 11.5 Å². The zero-order valence-corrected chi connectivity index (χ0v) is 15.9. The van der Waals surface area contributed by atoms with Gasteiger partial charge in [-0.15, -0.1) is 0 Å². The molecule has 0 radical (unpaired) electrons. The van der Waals surface area contributed by atoms with Crippen LogP contribution in [-0.4, -0.2) is 20.1 Å². The highest BCUT2D eigenvalue weighted by Gasteiger charge is 2.23. The molecule has 5 nitrogen and oxygen atoms in total. The molecular formula is C19H25NO4S. The summed E-state index contributed by atoms with van der Waals surface area (Å²) in [7, 11) is -3.90. The van der Waals surface area contributed by atoms with Crippen molar-refractivity contribution in [2.75, 3.05) is 11.3 Å². The molecule has 2 N–H and O–H groups in total. The van der Waals surface area contributed by atoms with Crippen LogP contribution in [0.15, 0.2) is 41.3 Å². The molecule has 136 valence electrons. The second-order valence-electron chi connectivity index (χ2n) is 6.28. The molecule has 25 heavy (non-hydrogen) atoms. The Hall–Kier alpha value is -2.21. The molecule has 0 atom stereocenters. The zero-order valence-electron chi connectivity index (χ0n) is 15.0. The van der Waals surface area contributed by atoms with Crippen LogP contribution in [0.1, 0.15) is 44.2 Å². The van der Waals surface area contributed by atoms with Gasteiger partial charge in [0.15, 0.2) is 0 Å². The fraction of sp³-hybridized carbons (Fsp3) is 0.368. The lowest BCUT2D eigenvalue weighted by Gasteiger charge is -2.18. The van der Waals surface area contributed by atoms with Crippen molar-refractivity contribution in [2.45, 2.75) is 44.9 Å². The maximum atomic E-state index is 12.9. The van der Waals surface area contributed by atoms with E-state index in [2.05, 4.69) is 4.72 Å². The Labute approximate surface area is 149 Å². The van der Waals surface area contributed by atoms with E-state index in [1.165, 1.54) is 12.1 Å². The van der Waals surface area contributed by atoms with E-state index in [-0.39, 0.29) is 22.3 Å². The number of hydrogen-bond donors (Lipinski definition) is 2. The maximum Gasteiger partial charge on any atom is 0.265 e. The van der Waals surface area contributed by atoms with Crippen molar-refractivity contribution in [3.63, 3.8) is 0 Å². The zero-order chi connectivity index (χ0) is 18.6. The number of rotatable bonds is 7. The SMILES string of the molecule is CCCOc1cc(C)c(C(C)C)cc1S(=O)(=O)Nc1ccccc1O. The minimum Gasteiger partial charge on any atom is -0.506 e. The van der Waals surface area contributed by atoms with Crippen LogP contribution in [0.4, 0.5) is 5.69 Å². The van der Waals surface area contributed by atoms with Crippen LogP contribution in [-0.2, 0) is 10.0 Å². The Balaban J connectivity index is 2.53. The molecule has 6 heteroatoms. The van der Waals surface area contributed by atoms with Gasteiger partial charge in [-0.3, -0.25) is 4.72 Å². The van der Waals surface area contributed by atoms with Gasteiger partial charge in [0.1, 0.15) is 16.4 Å². The van der Waals surface area contributed by atoms with Crippen LogP contribution in [0, 0.1) is 6.92 Å². The second-order valence-corrected chi connectivity index (χ2v) is 7.93. The van der Waals surface area contributed by atoms with Gasteiger partial charge in [-0.05, 0) is 54.7 Å². The predicted molar refractivity (Wildman–Crippen MR) is 100.0 cm³/mol. The first-order valence-electron chi connectivity index (χ1n) is 8.34. The fourth-order valence-electron chi connectivity index (χ4n) is 2.59. The second kappa shape index (κ2) is 7.78. The molecular weight excluding hydrogens is 338 g/mol. The summed E-state index contributed by atoms with van der Waals surface area (Å²) >= 11 is 0. The number of benzene rings is 2. The van der Waals surface area contributed by atoms with Crippen LogP contribution < -0.4 is 9.46 Å². The molecule has 0 aliphatic rings. The van der Waals surface area contributed by atoms with Crippen molar-refractivity contribution >= 4 is 15.7 Å². The molecule has 2 aromatic carbocycles. The van der Waals surface area contributed by atoms with E-state index in [9.17, 15) is 13.5 Å². The minimum absolute atomic E-state index is 0.0819. The average Bonchev–Trinajstić information content (AvgIpc) is 2.54. The monoisotopic (exact) mass is 363 g/mol. The average molecular weight is 363 g/mol. The third-order valence-electron chi connectivity index (χ3n) is 3.85. The first kappa shape index (κ1) is 19.1. The molecule has 0 bridgehead atoms. The largest absolute Gasteiger partial charge is 0.506 e. The fourth-order valence-corrected chi connectivity index (χ4v) is 3.83. The Kier molecular flexibility index (Phi) is 5.95. The van der Waals surface area contributed by atoms with E-state index in [0.29, 0.717) is 12.4 Å². The highest BCUT2D eigenvalue weighted by molar-refractivity contribution is 7.92. The molecule has 2 aromatic rings. The van der Waals surface area contributed by atoms with Gasteiger partial charge in [0, 0.05) is 0 Å². The minimum atomic E-state index is -3.90. The number of hydrogen-bond acceptors (Lipinski definition) is 4. The third-order valence-corrected chi connectivity index (χ3v) is 5.24. The predicted octanol–water partition coefficient (Wildman–Crippen LogP) is 4.41. The van der Waals surface area contributed by atoms with Crippen LogP contribution >= 0.6 is 0 Å². The van der Waals surface area contributed by atoms with Gasteiger partial charge in [0.25, 0.3) is 10.0 Å². The summed E-state index contributed by atoms with van der Waals surface area (Å²) < 4.78 is 34.0. The molecule has 0 saturated heterocycles. The van der Waals surface area contributed by atoms with Gasteiger partial charge in [-0.2, -0.15) is 0 Å². The van der Waals surface area contributed by atoms with Gasteiger partial charge in [0.05, 0.1) is 12.3 Å². The Morgan fingerprint density at radius 2 is 1.88 bits per heavy atom. The molecule has 0 heterocycles. The quantitative estimate of drug-likeness (QED) is 0.714. The van der Waals surface area contributed by atoms with E-state index in [4.69, 9.17) is 4.74 Å². The highest BCUT2D eigenvalue weighted by Crippen LogP contribution is 2.33. The standard InChI is InChI=1S/C19H25NO4S/c1-5-10-24-18-11-14(4)15(13(2)3)12-19(18)25(22,23)20-16-8-6-7-9-17(16)21/h6-9,11-13,20-21H,5,10H2,1-4H3. The van der Waals surface area contributed by atoms with E-state index in [0.717, 1.165) is 17.5 Å². The van der Waals surface area contributed by atoms with Crippen molar-refractivity contribution < 1.29 is 18.3 Å². The number of anilines is 1. The van der Waals surface area contributed by atoms with Crippen molar-refractivity contribution in [3.05, 3.63) is 47.5 Å². The molecule has 0 spiro atoms. The first-order chi connectivity index (χ1) is 11.8. The maximum absolute atomic E-state index is 12.9. The summed E-state index contributed by atoms with van der Waals surface area (Å²) in [5.74, 6) is 0.379. The lowest BCUT2D eigenvalue weighted by atomic mass is 9.98. The van der Waals surface area contributed by atoms with Gasteiger partial charge in [-0.25, -0.2) is 8.42 Å². The Morgan fingerprint density at radius 3 is 2.48 bits per heavy atom. The molecule has 0 aliphatic carbocycles. The number of phenolic OH excluding ortho intramolecular Hbond substituents is 1. The van der Waals surface area contributed by atoms with Gasteiger partial charge in [0.2, 0.25) is 0 Å². The number of sulfonamides is 1. The molecule has 0 fully saturated rings. The Bertz CT molecular complexity index is 844. The summed E-state index contributed by atoms with van der Waals surface area (Å²) in [6.07, 6.45) is 0.775. The van der Waals surface area contributed by atoms with Crippen LogP contribution in [0.25, 0.3) is 0 Å². The van der Waals surface area contributed by atoms with E-state index in [1.807, 2.05) is 27.7 Å². The lowest BCUT2D eigenvalue weighted by Crippen LogP contribution is -2.16. The first-order valence-corrected chi connectivity index (χ1v) is 9.82. The number of aryl methyl sites for hydroxylation is 1. The number of phenols is 1. The number of para-hydroxylation sites is 2. The Morgan fingerprint density at radius 1 is 1.20 bits per heavy atom. The van der Waals surface area contributed by atoms with E-state index in [1.54, 1.807) is 24.3 Å². The highest BCUT2D eigenvalue weighted by atomic mass is 32.2. The summed E-state index contributed by atoms with van der Waals surface area (Å²) in [6.45, 7) is 8.37. The molecule has 0 amide bonds. The smallest absolute Gasteiger partial charge is 0.265 e. The topological polar surface area (TPSA) is 75.6 Å². The molecule has 0 unspecified atom stereocenters. The summed E-state index contributed by atoms with van der Waals surface area (Å²) in [6, 6.07) is 9.65. The van der Waals surface area contributed by atoms with Gasteiger partial charge < -0.3 is 9.84 Å². The summed E-state index contributed by atoms with van der Waals surface area (Å²) in [5, 5.41) is 9.86.